The van der Waals surface area contributed by atoms with Crippen molar-refractivity contribution in [1.82, 2.24) is 9.98 Å². The standard InChI is InChI=1S/C16H24N2O7/c1-6-23-15(21)13(8-7-12(19)9-17-5)18-16(22)25-11(4)24-14(20)10(2)3/h9-11,13H,5-8H2,1-4H3/p+1. The molecule has 0 saturated carbocycles. The Kier molecular flexibility index (Phi) is 10.5. The van der Waals surface area contributed by atoms with E-state index >= 15 is 0 Å². The largest absolute Gasteiger partial charge is 0.464 e. The van der Waals surface area contributed by atoms with Gasteiger partial charge in [-0.3, -0.25) is 9.59 Å². The van der Waals surface area contributed by atoms with E-state index in [2.05, 4.69) is 16.7 Å². The molecule has 2 atom stereocenters. The smallest absolute Gasteiger partial charge is 0.410 e. The van der Waals surface area contributed by atoms with Crippen molar-refractivity contribution in [3.8, 4) is 0 Å². The minimum absolute atomic E-state index is 0.00104. The second-order valence-electron chi connectivity index (χ2n) is 5.33. The number of ether oxygens (including phenoxy) is 3. The fourth-order valence-corrected chi connectivity index (χ4v) is 1.60. The van der Waals surface area contributed by atoms with E-state index in [0.717, 1.165) is 6.21 Å². The highest BCUT2D eigenvalue weighted by Gasteiger charge is 2.25. The van der Waals surface area contributed by atoms with Crippen LogP contribution in [-0.4, -0.2) is 55.7 Å². The first kappa shape index (κ1) is 22.3. The number of nitrogens with one attached hydrogen (secondary N) is 1. The molecule has 0 heterocycles. The molecule has 0 fully saturated rings. The number of alkyl carbamates (subject to hydrolysis) is 1. The van der Waals surface area contributed by atoms with Crippen LogP contribution in [0.4, 0.5) is 4.79 Å². The summed E-state index contributed by atoms with van der Waals surface area (Å²) < 4.78 is 17.9. The maximum absolute atomic E-state index is 11.9. The van der Waals surface area contributed by atoms with Crippen molar-refractivity contribution in [2.45, 2.75) is 52.9 Å². The Balaban J connectivity index is 4.68. The minimum atomic E-state index is -1.13. The lowest BCUT2D eigenvalue weighted by Crippen LogP contribution is -2.43. The van der Waals surface area contributed by atoms with Gasteiger partial charge in [-0.1, -0.05) is 13.8 Å². The molecule has 9 nitrogen and oxygen atoms in total. The van der Waals surface area contributed by atoms with Crippen molar-refractivity contribution in [2.75, 3.05) is 6.61 Å². The number of carbonyl (C=O) groups is 4. The van der Waals surface area contributed by atoms with Crippen LogP contribution in [0.15, 0.2) is 0 Å². The highest BCUT2D eigenvalue weighted by Crippen LogP contribution is 2.05. The molecule has 25 heavy (non-hydrogen) atoms. The van der Waals surface area contributed by atoms with Crippen molar-refractivity contribution in [1.29, 1.82) is 0 Å². The van der Waals surface area contributed by atoms with Gasteiger partial charge in [0, 0.05) is 13.3 Å². The monoisotopic (exact) mass is 357 g/mol. The lowest BCUT2D eigenvalue weighted by atomic mass is 10.1. The van der Waals surface area contributed by atoms with Crippen LogP contribution in [0, 0.1) is 5.92 Å². The average molecular weight is 357 g/mol. The minimum Gasteiger partial charge on any atom is -0.464 e. The van der Waals surface area contributed by atoms with E-state index < -0.39 is 30.4 Å². The van der Waals surface area contributed by atoms with Gasteiger partial charge in [-0.25, -0.2) is 9.59 Å². The third-order valence-corrected chi connectivity index (χ3v) is 2.80. The van der Waals surface area contributed by atoms with Gasteiger partial charge < -0.3 is 19.5 Å². The van der Waals surface area contributed by atoms with Gasteiger partial charge >= 0.3 is 24.2 Å². The summed E-state index contributed by atoms with van der Waals surface area (Å²) in [6.45, 7) is 9.53. The van der Waals surface area contributed by atoms with Gasteiger partial charge in [0.15, 0.2) is 0 Å². The second-order valence-corrected chi connectivity index (χ2v) is 5.33. The predicted molar refractivity (Wildman–Crippen MR) is 90.0 cm³/mol. The molecular formula is C16H25N2O7+. The van der Waals surface area contributed by atoms with Crippen LogP contribution in [0.3, 0.4) is 0 Å². The summed E-state index contributed by atoms with van der Waals surface area (Å²) in [7, 11) is 0. The van der Waals surface area contributed by atoms with Crippen molar-refractivity contribution in [2.24, 2.45) is 5.92 Å². The lowest BCUT2D eigenvalue weighted by molar-refractivity contribution is -0.169. The summed E-state index contributed by atoms with van der Waals surface area (Å²) >= 11 is 0. The number of rotatable bonds is 10. The highest BCUT2D eigenvalue weighted by molar-refractivity contribution is 6.27. The third kappa shape index (κ3) is 9.93. The van der Waals surface area contributed by atoms with Crippen LogP contribution < -0.4 is 9.98 Å². The van der Waals surface area contributed by atoms with Gasteiger partial charge in [0.1, 0.15) is 6.04 Å². The zero-order valence-corrected chi connectivity index (χ0v) is 14.9. The molecule has 0 saturated heterocycles. The molecule has 0 rings (SSSR count). The van der Waals surface area contributed by atoms with Gasteiger partial charge in [-0.15, -0.1) is 4.67 Å². The zero-order valence-electron chi connectivity index (χ0n) is 14.9. The maximum atomic E-state index is 11.9. The molecule has 0 bridgehead atoms. The van der Waals surface area contributed by atoms with Gasteiger partial charge in [0.05, 0.1) is 12.5 Å². The molecule has 0 spiro atoms. The normalized spacial score (nSPS) is 12.4. The summed E-state index contributed by atoms with van der Waals surface area (Å²) in [6.07, 6.45) is -1.12. The van der Waals surface area contributed by atoms with Gasteiger partial charge in [0.2, 0.25) is 12.1 Å². The van der Waals surface area contributed by atoms with E-state index in [1.54, 1.807) is 20.8 Å². The third-order valence-electron chi connectivity index (χ3n) is 2.80. The summed E-state index contributed by atoms with van der Waals surface area (Å²) in [5, 5.41) is 2.29. The van der Waals surface area contributed by atoms with E-state index in [0.29, 0.717) is 0 Å². The van der Waals surface area contributed by atoms with E-state index in [4.69, 9.17) is 14.2 Å². The number of hydrogen-bond acceptors (Lipinski definition) is 7. The molecule has 140 valence electrons. The van der Waals surface area contributed by atoms with Crippen LogP contribution in [0.5, 0.6) is 0 Å². The number of ketones is 1. The van der Waals surface area contributed by atoms with Crippen LogP contribution >= 0.6 is 0 Å². The molecule has 2 unspecified atom stereocenters. The van der Waals surface area contributed by atoms with E-state index in [-0.39, 0.29) is 31.1 Å². The van der Waals surface area contributed by atoms with Crippen LogP contribution in [-0.2, 0) is 28.6 Å². The van der Waals surface area contributed by atoms with Crippen molar-refractivity contribution >= 4 is 36.7 Å². The molecule has 0 aliphatic heterocycles. The first-order valence-corrected chi connectivity index (χ1v) is 7.87. The van der Waals surface area contributed by atoms with Crippen molar-refractivity contribution < 1.29 is 33.4 Å². The fraction of sp³-hybridized carbons (Fsp3) is 0.625. The summed E-state index contributed by atoms with van der Waals surface area (Å²) in [4.78, 5) is 46.6. The molecular weight excluding hydrogens is 332 g/mol. The average Bonchev–Trinajstić information content (AvgIpc) is 2.51. The molecule has 0 radical (unpaired) electrons. The topological polar surface area (TPSA) is 122 Å². The molecule has 1 amide bonds. The maximum Gasteiger partial charge on any atom is 0.410 e. The molecule has 0 aromatic heterocycles. The highest BCUT2D eigenvalue weighted by atomic mass is 16.7. The molecule has 0 aliphatic rings. The summed E-state index contributed by atoms with van der Waals surface area (Å²) in [6, 6.07) is -1.08. The van der Waals surface area contributed by atoms with E-state index in [1.807, 2.05) is 0 Å². The number of hydrogen-bond donors (Lipinski definition) is 1. The fourth-order valence-electron chi connectivity index (χ4n) is 1.60. The number of nitrogens with zero attached hydrogens (tertiary/aromatic N) is 1. The Morgan fingerprint density at radius 2 is 1.76 bits per heavy atom. The first-order chi connectivity index (χ1) is 11.7. The van der Waals surface area contributed by atoms with Gasteiger partial charge in [-0.2, -0.15) is 0 Å². The Bertz CT molecular complexity index is 539. The van der Waals surface area contributed by atoms with Gasteiger partial charge in [-0.05, 0) is 13.3 Å². The SMILES string of the molecule is C=[N+]=CC(=O)CCC(NC(=O)OC(C)OC(=O)C(C)C)C(=O)OCC. The number of esters is 2. The van der Waals surface area contributed by atoms with E-state index in [1.165, 1.54) is 6.92 Å². The summed E-state index contributed by atoms with van der Waals surface area (Å²) in [5.41, 5.74) is 0. The van der Waals surface area contributed by atoms with E-state index in [9.17, 15) is 19.2 Å². The predicted octanol–water partition coefficient (Wildman–Crippen LogP) is 0.377. The van der Waals surface area contributed by atoms with Crippen LogP contribution in [0.2, 0.25) is 0 Å². The molecule has 9 heteroatoms. The Labute approximate surface area is 146 Å². The Morgan fingerprint density at radius 1 is 1.12 bits per heavy atom. The van der Waals surface area contributed by atoms with Crippen molar-refractivity contribution in [3.63, 3.8) is 0 Å². The number of Topliss-reactive ketones (excluding diaryl/α,β-unsaturated/α-hetero) is 1. The van der Waals surface area contributed by atoms with Crippen LogP contribution in [0.1, 0.15) is 40.5 Å². The molecule has 0 aliphatic carbocycles. The summed E-state index contributed by atoms with van der Waals surface area (Å²) in [5.74, 6) is -1.95. The Morgan fingerprint density at radius 3 is 2.28 bits per heavy atom. The molecule has 0 aromatic carbocycles. The second kappa shape index (κ2) is 11.8. The van der Waals surface area contributed by atoms with Crippen LogP contribution in [0.25, 0.3) is 0 Å². The number of carbonyl (C=O) groups excluding carboxylic acids is 4. The van der Waals surface area contributed by atoms with Crippen molar-refractivity contribution in [3.05, 3.63) is 0 Å². The van der Waals surface area contributed by atoms with Gasteiger partial charge in [0.25, 0.3) is 6.72 Å². The quantitative estimate of drug-likeness (QED) is 0.259. The number of amides is 1. The molecule has 1 N–H and O–H groups in total. The molecule has 0 aromatic rings. The lowest BCUT2D eigenvalue weighted by Gasteiger charge is -2.19. The first-order valence-electron chi connectivity index (χ1n) is 7.87. The zero-order chi connectivity index (χ0) is 19.4. The Hall–Kier alpha value is -2.67.